The number of aromatic nitrogens is 4. The predicted molar refractivity (Wildman–Crippen MR) is 99.7 cm³/mol. The Labute approximate surface area is 151 Å². The molecule has 26 heavy (non-hydrogen) atoms. The Morgan fingerprint density at radius 1 is 1.00 bits per heavy atom. The van der Waals surface area contributed by atoms with Gasteiger partial charge in [0.2, 0.25) is 0 Å². The highest BCUT2D eigenvalue weighted by Crippen LogP contribution is 2.34. The molecule has 0 N–H and O–H groups in total. The molecule has 3 aromatic rings. The Bertz CT molecular complexity index is 923. The average molecular weight is 348 g/mol. The third-order valence-corrected chi connectivity index (χ3v) is 4.64. The van der Waals surface area contributed by atoms with E-state index in [1.165, 1.54) is 11.0 Å². The second-order valence-electron chi connectivity index (χ2n) is 6.66. The maximum Gasteiger partial charge on any atom is 0.260 e. The zero-order valence-corrected chi connectivity index (χ0v) is 14.8. The lowest BCUT2D eigenvalue weighted by Crippen LogP contribution is -2.35. The van der Waals surface area contributed by atoms with Crippen LogP contribution in [0.2, 0.25) is 0 Å². The first-order valence-corrected chi connectivity index (χ1v) is 8.59. The molecule has 7 heteroatoms. The van der Waals surface area contributed by atoms with Gasteiger partial charge in [-0.15, -0.1) is 5.10 Å². The van der Waals surface area contributed by atoms with Crippen LogP contribution >= 0.6 is 0 Å². The van der Waals surface area contributed by atoms with Crippen molar-refractivity contribution in [2.75, 3.05) is 29.9 Å². The van der Waals surface area contributed by atoms with Crippen molar-refractivity contribution in [1.82, 2.24) is 20.2 Å². The number of anilines is 2. The smallest absolute Gasteiger partial charge is 0.260 e. The van der Waals surface area contributed by atoms with E-state index in [2.05, 4.69) is 40.5 Å². The molecule has 0 unspecified atom stereocenters. The molecule has 2 aromatic carbocycles. The lowest BCUT2D eigenvalue weighted by Gasteiger charge is -2.25. The number of hydrogen-bond donors (Lipinski definition) is 0. The van der Waals surface area contributed by atoms with Gasteiger partial charge in [0.25, 0.3) is 5.91 Å². The summed E-state index contributed by atoms with van der Waals surface area (Å²) in [5, 5.41) is 11.3. The Balaban J connectivity index is 1.81. The molecular weight excluding hydrogens is 328 g/mol. The van der Waals surface area contributed by atoms with Crippen LogP contribution in [0.1, 0.15) is 17.3 Å². The van der Waals surface area contributed by atoms with Crippen LogP contribution < -0.4 is 9.80 Å². The highest BCUT2D eigenvalue weighted by Gasteiger charge is 2.28. The minimum absolute atomic E-state index is 0.0503. The van der Waals surface area contributed by atoms with Crippen LogP contribution in [0.4, 0.5) is 11.4 Å². The van der Waals surface area contributed by atoms with E-state index in [0.29, 0.717) is 23.7 Å². The van der Waals surface area contributed by atoms with Crippen molar-refractivity contribution in [3.63, 3.8) is 0 Å². The van der Waals surface area contributed by atoms with E-state index < -0.39 is 0 Å². The molecule has 1 aromatic heterocycles. The molecule has 1 aliphatic heterocycles. The first-order valence-electron chi connectivity index (χ1n) is 8.59. The molecule has 4 rings (SSSR count). The third kappa shape index (κ3) is 2.81. The fraction of sp³-hybridized carbons (Fsp3) is 0.263. The minimum Gasteiger partial charge on any atom is -0.373 e. The monoisotopic (exact) mass is 348 g/mol. The maximum absolute atomic E-state index is 13.5. The minimum atomic E-state index is -0.0503. The number of carbonyl (C=O) groups is 1. The number of tetrazole rings is 1. The standard InChI is InChI=1S/C19H20N6O/c1-14-11-23(2)17-9-5-6-10-18(17)24(12-14)19(26)15-7-3-4-8-16(15)25-13-20-21-22-25/h3-10,13-14H,11-12H2,1-2H3/t14-/m1/s1. The number of rotatable bonds is 2. The SMILES string of the molecule is C[C@@H]1CN(C)c2ccccc2N(C(=O)c2ccccc2-n2cnnn2)C1. The molecule has 1 amide bonds. The molecule has 0 fully saturated rings. The van der Waals surface area contributed by atoms with Gasteiger partial charge < -0.3 is 9.80 Å². The number of benzene rings is 2. The quantitative estimate of drug-likeness (QED) is 0.711. The number of nitrogens with zero attached hydrogens (tertiary/aromatic N) is 6. The van der Waals surface area contributed by atoms with E-state index in [1.54, 1.807) is 0 Å². The number of hydrogen-bond acceptors (Lipinski definition) is 5. The largest absolute Gasteiger partial charge is 0.373 e. The second kappa shape index (κ2) is 6.59. The second-order valence-corrected chi connectivity index (χ2v) is 6.66. The molecule has 1 aliphatic rings. The summed E-state index contributed by atoms with van der Waals surface area (Å²) in [6.45, 7) is 3.72. The van der Waals surface area contributed by atoms with Crippen LogP contribution in [0, 0.1) is 5.92 Å². The maximum atomic E-state index is 13.5. The highest BCUT2D eigenvalue weighted by atomic mass is 16.2. The number of para-hydroxylation sites is 3. The van der Waals surface area contributed by atoms with Crippen molar-refractivity contribution in [2.24, 2.45) is 5.92 Å². The van der Waals surface area contributed by atoms with Gasteiger partial charge in [0, 0.05) is 20.1 Å². The molecule has 0 saturated heterocycles. The van der Waals surface area contributed by atoms with Crippen molar-refractivity contribution in [3.05, 3.63) is 60.4 Å². The third-order valence-electron chi connectivity index (χ3n) is 4.64. The summed E-state index contributed by atoms with van der Waals surface area (Å²) >= 11 is 0. The van der Waals surface area contributed by atoms with Gasteiger partial charge >= 0.3 is 0 Å². The summed E-state index contributed by atoms with van der Waals surface area (Å²) in [6.07, 6.45) is 1.50. The normalized spacial score (nSPS) is 16.9. The zero-order valence-electron chi connectivity index (χ0n) is 14.8. The van der Waals surface area contributed by atoms with Gasteiger partial charge in [0.1, 0.15) is 6.33 Å². The fourth-order valence-electron chi connectivity index (χ4n) is 3.51. The summed E-state index contributed by atoms with van der Waals surface area (Å²) in [6, 6.07) is 15.4. The van der Waals surface area contributed by atoms with Crippen molar-refractivity contribution in [2.45, 2.75) is 6.92 Å². The van der Waals surface area contributed by atoms with Gasteiger partial charge in [-0.05, 0) is 40.6 Å². The Morgan fingerprint density at radius 2 is 1.69 bits per heavy atom. The summed E-state index contributed by atoms with van der Waals surface area (Å²) in [5.74, 6) is 0.294. The van der Waals surface area contributed by atoms with E-state index in [4.69, 9.17) is 0 Å². The molecule has 132 valence electrons. The molecule has 2 heterocycles. The van der Waals surface area contributed by atoms with Gasteiger partial charge in [-0.3, -0.25) is 4.79 Å². The van der Waals surface area contributed by atoms with E-state index >= 15 is 0 Å². The molecule has 0 saturated carbocycles. The number of carbonyl (C=O) groups excluding carboxylic acids is 1. The summed E-state index contributed by atoms with van der Waals surface area (Å²) in [5.41, 5.74) is 3.23. The van der Waals surface area contributed by atoms with Crippen molar-refractivity contribution >= 4 is 17.3 Å². The van der Waals surface area contributed by atoms with Gasteiger partial charge in [0.05, 0.1) is 22.6 Å². The van der Waals surface area contributed by atoms with Crippen LogP contribution in [-0.4, -0.2) is 46.3 Å². The number of fused-ring (bicyclic) bond motifs is 1. The van der Waals surface area contributed by atoms with Crippen molar-refractivity contribution < 1.29 is 4.79 Å². The fourth-order valence-corrected chi connectivity index (χ4v) is 3.51. The molecular formula is C19H20N6O. The van der Waals surface area contributed by atoms with Gasteiger partial charge in [-0.1, -0.05) is 31.2 Å². The summed E-state index contributed by atoms with van der Waals surface area (Å²) in [4.78, 5) is 17.6. The highest BCUT2D eigenvalue weighted by molar-refractivity contribution is 6.10. The number of amides is 1. The van der Waals surface area contributed by atoms with E-state index in [0.717, 1.165) is 17.9 Å². The van der Waals surface area contributed by atoms with Crippen LogP contribution in [-0.2, 0) is 0 Å². The Morgan fingerprint density at radius 3 is 2.42 bits per heavy atom. The zero-order chi connectivity index (χ0) is 18.1. The first kappa shape index (κ1) is 16.3. The lowest BCUT2D eigenvalue weighted by atomic mass is 10.1. The topological polar surface area (TPSA) is 67.2 Å². The first-order chi connectivity index (χ1) is 12.6. The van der Waals surface area contributed by atoms with Crippen molar-refractivity contribution in [3.8, 4) is 5.69 Å². The average Bonchev–Trinajstić information content (AvgIpc) is 3.16. The van der Waals surface area contributed by atoms with Crippen LogP contribution in [0.3, 0.4) is 0 Å². The van der Waals surface area contributed by atoms with Gasteiger partial charge in [-0.25, -0.2) is 0 Å². The van der Waals surface area contributed by atoms with E-state index in [1.807, 2.05) is 47.4 Å². The van der Waals surface area contributed by atoms with Crippen molar-refractivity contribution in [1.29, 1.82) is 0 Å². The molecule has 0 radical (unpaired) electrons. The summed E-state index contributed by atoms with van der Waals surface area (Å²) < 4.78 is 1.52. The lowest BCUT2D eigenvalue weighted by molar-refractivity contribution is 0.0984. The van der Waals surface area contributed by atoms with Crippen LogP contribution in [0.15, 0.2) is 54.9 Å². The molecule has 7 nitrogen and oxygen atoms in total. The van der Waals surface area contributed by atoms with Crippen LogP contribution in [0.5, 0.6) is 0 Å². The molecule has 0 spiro atoms. The molecule has 0 bridgehead atoms. The van der Waals surface area contributed by atoms with Crippen LogP contribution in [0.25, 0.3) is 5.69 Å². The van der Waals surface area contributed by atoms with E-state index in [9.17, 15) is 4.79 Å². The van der Waals surface area contributed by atoms with Gasteiger partial charge in [-0.2, -0.15) is 4.68 Å². The molecule has 0 aliphatic carbocycles. The van der Waals surface area contributed by atoms with E-state index in [-0.39, 0.29) is 5.91 Å². The Kier molecular flexibility index (Phi) is 4.12. The predicted octanol–water partition coefficient (Wildman–Crippen LogP) is 2.39. The van der Waals surface area contributed by atoms with Gasteiger partial charge in [0.15, 0.2) is 0 Å². The summed E-state index contributed by atoms with van der Waals surface area (Å²) in [7, 11) is 2.07. The molecule has 1 atom stereocenters. The Hall–Kier alpha value is -3.22.